The first-order valence-electron chi connectivity index (χ1n) is 6.78. The Kier molecular flexibility index (Phi) is 6.73. The lowest BCUT2D eigenvalue weighted by Crippen LogP contribution is -2.36. The monoisotopic (exact) mass is 278 g/mol. The third-order valence-electron chi connectivity index (χ3n) is 2.64. The lowest BCUT2D eigenvalue weighted by atomic mass is 10.1. The summed E-state index contributed by atoms with van der Waals surface area (Å²) in [7, 11) is 0. The molecule has 0 aliphatic heterocycles. The minimum atomic E-state index is -0.647. The van der Waals surface area contributed by atoms with Crippen molar-refractivity contribution in [1.29, 1.82) is 0 Å². The van der Waals surface area contributed by atoms with Gasteiger partial charge in [-0.05, 0) is 50.5 Å². The van der Waals surface area contributed by atoms with Crippen LogP contribution >= 0.6 is 0 Å². The second-order valence-electron chi connectivity index (χ2n) is 4.64. The van der Waals surface area contributed by atoms with Crippen molar-refractivity contribution in [3.05, 3.63) is 29.3 Å². The van der Waals surface area contributed by atoms with Crippen LogP contribution in [0.1, 0.15) is 24.5 Å². The van der Waals surface area contributed by atoms with Crippen molar-refractivity contribution >= 4 is 17.5 Å². The van der Waals surface area contributed by atoms with Gasteiger partial charge in [0.25, 0.3) is 0 Å². The topological polar surface area (TPSA) is 67.4 Å². The molecule has 0 bridgehead atoms. The van der Waals surface area contributed by atoms with Gasteiger partial charge in [0.2, 0.25) is 0 Å². The molecule has 0 heterocycles. The fourth-order valence-electron chi connectivity index (χ4n) is 1.84. The summed E-state index contributed by atoms with van der Waals surface area (Å²) in [6.07, 6.45) is 0.691. The SMILES string of the molecule is CCOCCCNC(=O)C(=O)Nc1cc(C)cc(C)c1. The smallest absolute Gasteiger partial charge is 0.313 e. The van der Waals surface area contributed by atoms with Gasteiger partial charge in [-0.15, -0.1) is 0 Å². The number of rotatable bonds is 6. The van der Waals surface area contributed by atoms with Crippen molar-refractivity contribution < 1.29 is 14.3 Å². The molecule has 20 heavy (non-hydrogen) atoms. The predicted octanol–water partition coefficient (Wildman–Crippen LogP) is 1.78. The van der Waals surface area contributed by atoms with E-state index in [-0.39, 0.29) is 0 Å². The molecule has 2 amide bonds. The van der Waals surface area contributed by atoms with Crippen LogP contribution in [0, 0.1) is 13.8 Å². The quantitative estimate of drug-likeness (QED) is 0.616. The van der Waals surface area contributed by atoms with Gasteiger partial charge in [0.15, 0.2) is 0 Å². The molecule has 0 aliphatic carbocycles. The average molecular weight is 278 g/mol. The zero-order chi connectivity index (χ0) is 15.0. The van der Waals surface area contributed by atoms with Gasteiger partial charge in [0, 0.05) is 25.4 Å². The van der Waals surface area contributed by atoms with Crippen LogP contribution in [0.25, 0.3) is 0 Å². The van der Waals surface area contributed by atoms with Crippen LogP contribution in [0.5, 0.6) is 0 Å². The molecule has 0 saturated carbocycles. The highest BCUT2D eigenvalue weighted by molar-refractivity contribution is 6.39. The zero-order valence-corrected chi connectivity index (χ0v) is 12.3. The van der Waals surface area contributed by atoms with E-state index in [0.717, 1.165) is 11.1 Å². The van der Waals surface area contributed by atoms with Crippen molar-refractivity contribution in [2.75, 3.05) is 25.1 Å². The van der Waals surface area contributed by atoms with Crippen LogP contribution in [-0.4, -0.2) is 31.6 Å². The summed E-state index contributed by atoms with van der Waals surface area (Å²) in [6.45, 7) is 7.46. The summed E-state index contributed by atoms with van der Waals surface area (Å²) in [6, 6.07) is 5.66. The number of benzene rings is 1. The summed E-state index contributed by atoms with van der Waals surface area (Å²) >= 11 is 0. The van der Waals surface area contributed by atoms with E-state index in [1.165, 1.54) is 0 Å². The van der Waals surface area contributed by atoms with E-state index in [4.69, 9.17) is 4.74 Å². The van der Waals surface area contributed by atoms with Crippen LogP contribution in [0.15, 0.2) is 18.2 Å². The molecular weight excluding hydrogens is 256 g/mol. The molecule has 0 atom stereocenters. The molecule has 0 saturated heterocycles. The molecule has 1 rings (SSSR count). The fourth-order valence-corrected chi connectivity index (χ4v) is 1.84. The number of anilines is 1. The Morgan fingerprint density at radius 1 is 1.10 bits per heavy atom. The van der Waals surface area contributed by atoms with Crippen molar-refractivity contribution in [3.63, 3.8) is 0 Å². The van der Waals surface area contributed by atoms with Crippen molar-refractivity contribution in [2.24, 2.45) is 0 Å². The molecule has 0 radical (unpaired) electrons. The third-order valence-corrected chi connectivity index (χ3v) is 2.64. The highest BCUT2D eigenvalue weighted by atomic mass is 16.5. The van der Waals surface area contributed by atoms with Crippen LogP contribution in [0.4, 0.5) is 5.69 Å². The Morgan fingerprint density at radius 2 is 1.75 bits per heavy atom. The number of carbonyl (C=O) groups excluding carboxylic acids is 2. The van der Waals surface area contributed by atoms with Gasteiger partial charge in [-0.3, -0.25) is 9.59 Å². The molecule has 0 aliphatic rings. The van der Waals surface area contributed by atoms with E-state index >= 15 is 0 Å². The summed E-state index contributed by atoms with van der Waals surface area (Å²) < 4.78 is 5.15. The van der Waals surface area contributed by atoms with Gasteiger partial charge >= 0.3 is 11.8 Å². The van der Waals surface area contributed by atoms with Gasteiger partial charge in [-0.2, -0.15) is 0 Å². The Morgan fingerprint density at radius 3 is 2.35 bits per heavy atom. The van der Waals surface area contributed by atoms with Crippen LogP contribution in [0.3, 0.4) is 0 Å². The van der Waals surface area contributed by atoms with Crippen molar-refractivity contribution in [3.8, 4) is 0 Å². The van der Waals surface area contributed by atoms with Gasteiger partial charge in [0.05, 0.1) is 0 Å². The van der Waals surface area contributed by atoms with Gasteiger partial charge in [-0.1, -0.05) is 6.07 Å². The maximum absolute atomic E-state index is 11.7. The number of hydrogen-bond donors (Lipinski definition) is 2. The number of amides is 2. The Bertz CT molecular complexity index is 452. The standard InChI is InChI=1S/C15H22N2O3/c1-4-20-7-5-6-16-14(18)15(19)17-13-9-11(2)8-12(3)10-13/h8-10H,4-7H2,1-3H3,(H,16,18)(H,17,19). The molecule has 2 N–H and O–H groups in total. The van der Waals surface area contributed by atoms with Crippen LogP contribution < -0.4 is 10.6 Å². The fraction of sp³-hybridized carbons (Fsp3) is 0.467. The van der Waals surface area contributed by atoms with Gasteiger partial charge in [-0.25, -0.2) is 0 Å². The molecular formula is C15H22N2O3. The molecule has 0 aromatic heterocycles. The molecule has 1 aromatic rings. The maximum Gasteiger partial charge on any atom is 0.313 e. The highest BCUT2D eigenvalue weighted by Gasteiger charge is 2.13. The number of hydrogen-bond acceptors (Lipinski definition) is 3. The van der Waals surface area contributed by atoms with E-state index < -0.39 is 11.8 Å². The zero-order valence-electron chi connectivity index (χ0n) is 12.3. The molecule has 0 unspecified atom stereocenters. The summed E-state index contributed by atoms with van der Waals surface area (Å²) in [4.78, 5) is 23.3. The number of aryl methyl sites for hydroxylation is 2. The molecule has 5 heteroatoms. The van der Waals surface area contributed by atoms with Crippen LogP contribution in [-0.2, 0) is 14.3 Å². The molecule has 110 valence electrons. The normalized spacial score (nSPS) is 10.2. The summed E-state index contributed by atoms with van der Waals surface area (Å²) in [5.74, 6) is -1.27. The molecule has 1 aromatic carbocycles. The van der Waals surface area contributed by atoms with Gasteiger partial charge < -0.3 is 15.4 Å². The Labute approximate surface area is 119 Å². The van der Waals surface area contributed by atoms with E-state index in [9.17, 15) is 9.59 Å². The van der Waals surface area contributed by atoms with E-state index in [1.54, 1.807) is 0 Å². The van der Waals surface area contributed by atoms with E-state index in [2.05, 4.69) is 10.6 Å². The molecule has 0 spiro atoms. The average Bonchev–Trinajstić information content (AvgIpc) is 2.36. The Hall–Kier alpha value is -1.88. The van der Waals surface area contributed by atoms with E-state index in [0.29, 0.717) is 31.9 Å². The van der Waals surface area contributed by atoms with Gasteiger partial charge in [0.1, 0.15) is 0 Å². The lowest BCUT2D eigenvalue weighted by Gasteiger charge is -2.08. The number of carbonyl (C=O) groups is 2. The molecule has 5 nitrogen and oxygen atoms in total. The maximum atomic E-state index is 11.7. The Balaban J connectivity index is 2.39. The second kappa shape index (κ2) is 8.32. The predicted molar refractivity (Wildman–Crippen MR) is 78.7 cm³/mol. The summed E-state index contributed by atoms with van der Waals surface area (Å²) in [5, 5.41) is 5.15. The first-order chi connectivity index (χ1) is 9.52. The largest absolute Gasteiger partial charge is 0.382 e. The summed E-state index contributed by atoms with van der Waals surface area (Å²) in [5.41, 5.74) is 2.71. The number of nitrogens with one attached hydrogen (secondary N) is 2. The van der Waals surface area contributed by atoms with E-state index in [1.807, 2.05) is 39.0 Å². The second-order valence-corrected chi connectivity index (χ2v) is 4.64. The third kappa shape index (κ3) is 5.84. The first-order valence-corrected chi connectivity index (χ1v) is 6.78. The lowest BCUT2D eigenvalue weighted by molar-refractivity contribution is -0.136. The van der Waals surface area contributed by atoms with Crippen LogP contribution in [0.2, 0.25) is 0 Å². The number of ether oxygens (including phenoxy) is 1. The van der Waals surface area contributed by atoms with Crippen molar-refractivity contribution in [2.45, 2.75) is 27.2 Å². The minimum absolute atomic E-state index is 0.430. The minimum Gasteiger partial charge on any atom is -0.382 e. The van der Waals surface area contributed by atoms with Crippen molar-refractivity contribution in [1.82, 2.24) is 5.32 Å². The molecule has 0 fully saturated rings. The first kappa shape index (κ1) is 16.2. The highest BCUT2D eigenvalue weighted by Crippen LogP contribution is 2.13.